The molecular formula is C6K4N6O6Re. The van der Waals surface area contributed by atoms with Crippen LogP contribution in [0.2, 0.25) is 0 Å². The molecule has 0 bridgehead atoms. The number of nitrogens with zero attached hydrogens (tertiary/aromatic N) is 6. The largest absolute Gasteiger partial charge is 1.00 e. The average molecular weight is 595 g/mol. The van der Waals surface area contributed by atoms with Crippen LogP contribution in [0.25, 0.3) is 0 Å². The zero-order chi connectivity index (χ0) is 14.9. The minimum Gasteiger partial charge on any atom is 1.00 e. The fraction of sp³-hybridized carbons (Fsp3) is 0. The molecule has 0 radical (unpaired) electrons. The summed E-state index contributed by atoms with van der Waals surface area (Å²) in [6.45, 7) is 0. The van der Waals surface area contributed by atoms with Gasteiger partial charge in [0.15, 0.2) is 0 Å². The van der Waals surface area contributed by atoms with E-state index in [1.807, 2.05) is 0 Å². The van der Waals surface area contributed by atoms with Crippen LogP contribution < -0.4 is 206 Å². The summed E-state index contributed by atoms with van der Waals surface area (Å²) in [5.41, 5.74) is 0. The summed E-state index contributed by atoms with van der Waals surface area (Å²) in [5, 5.41) is 51.0. The summed E-state index contributed by atoms with van der Waals surface area (Å²) < 4.78 is 24.5. The molecule has 0 saturated heterocycles. The van der Waals surface area contributed by atoms with Crippen molar-refractivity contribution in [2.45, 2.75) is 0 Å². The molecule has 0 spiro atoms. The van der Waals surface area contributed by atoms with E-state index in [4.69, 9.17) is 31.6 Å². The van der Waals surface area contributed by atoms with Gasteiger partial charge in [-0.3, -0.25) is 0 Å². The maximum Gasteiger partial charge on any atom is 1.00 e. The third kappa shape index (κ3) is 8.66. The molecule has 0 aliphatic rings. The third-order valence-corrected chi connectivity index (χ3v) is 9.43. The van der Waals surface area contributed by atoms with Gasteiger partial charge in [-0.15, -0.1) is 0 Å². The molecule has 0 fully saturated rings. The summed E-state index contributed by atoms with van der Waals surface area (Å²) >= 11 is -8.12. The molecule has 101 valence electrons. The molecule has 0 aliphatic heterocycles. The molecule has 0 heterocycles. The Bertz CT molecular complexity index is 490. The van der Waals surface area contributed by atoms with Gasteiger partial charge in [-0.1, -0.05) is 0 Å². The second-order valence-electron chi connectivity index (χ2n) is 1.96. The molecule has 0 rings (SSSR count). The third-order valence-electron chi connectivity index (χ3n) is 1.15. The van der Waals surface area contributed by atoms with Gasteiger partial charge in [-0.2, -0.15) is 0 Å². The van der Waals surface area contributed by atoms with Crippen LogP contribution >= 0.6 is 0 Å². The van der Waals surface area contributed by atoms with Gasteiger partial charge in [0.05, 0.1) is 0 Å². The topological polar surface area (TPSA) is 198 Å². The van der Waals surface area contributed by atoms with Crippen molar-refractivity contribution in [3.05, 3.63) is 0 Å². The van der Waals surface area contributed by atoms with Crippen molar-refractivity contribution in [1.29, 1.82) is 31.6 Å². The molecule has 0 amide bonds. The first-order valence-corrected chi connectivity index (χ1v) is 10.1. The molecule has 0 aromatic heterocycles. The van der Waals surface area contributed by atoms with Crippen molar-refractivity contribution in [2.24, 2.45) is 0 Å². The van der Waals surface area contributed by atoms with E-state index >= 15 is 0 Å². The molecule has 0 aromatic carbocycles. The van der Waals surface area contributed by atoms with Crippen molar-refractivity contribution in [3.63, 3.8) is 0 Å². The monoisotopic (exact) mass is 595 g/mol. The molecule has 23 heavy (non-hydrogen) atoms. The second kappa shape index (κ2) is 16.0. The Kier molecular flexibility index (Phi) is 25.5. The van der Waals surface area contributed by atoms with Gasteiger partial charge in [0.25, 0.3) is 0 Å². The first kappa shape index (κ1) is 36.8. The Morgan fingerprint density at radius 3 is 0.609 bits per heavy atom. The van der Waals surface area contributed by atoms with Crippen LogP contribution in [0.4, 0.5) is 0 Å². The maximum absolute atomic E-state index is 8.50. The maximum atomic E-state index is 8.50. The van der Waals surface area contributed by atoms with Gasteiger partial charge in [0.1, 0.15) is 0 Å². The van der Waals surface area contributed by atoms with Gasteiger partial charge in [-0.05, 0) is 0 Å². The van der Waals surface area contributed by atoms with E-state index in [1.54, 1.807) is 0 Å². The zero-order valence-electron chi connectivity index (χ0n) is 12.5. The van der Waals surface area contributed by atoms with Gasteiger partial charge in [0, 0.05) is 0 Å². The molecule has 0 aliphatic carbocycles. The van der Waals surface area contributed by atoms with Gasteiger partial charge in [-0.25, -0.2) is 0 Å². The van der Waals surface area contributed by atoms with E-state index in [1.165, 1.54) is 0 Å². The molecule has 17 heteroatoms. The van der Waals surface area contributed by atoms with Crippen molar-refractivity contribution in [3.8, 4) is 37.5 Å². The standard InChI is InChI=1S/6CHNO.4K.Re/c6*2-1-3;;;;;/h6*3H;;;;;/q;;;;;;4*+1;+2/p-6. The van der Waals surface area contributed by atoms with E-state index in [9.17, 15) is 0 Å². The zero-order valence-corrected chi connectivity index (χ0v) is 27.7. The molecule has 0 unspecified atom stereocenters. The molecular weight excluding hydrogens is 595 g/mol. The normalized spacial score (nSPS) is 9.65. The van der Waals surface area contributed by atoms with E-state index in [0.29, 0.717) is 0 Å². The van der Waals surface area contributed by atoms with Crippen LogP contribution in [-0.4, -0.2) is 0 Å². The number of rotatable bonds is 6. The first-order chi connectivity index (χ1) is 8.97. The summed E-state index contributed by atoms with van der Waals surface area (Å²) in [5.74, 6) is 0. The summed E-state index contributed by atoms with van der Waals surface area (Å²) in [6, 6.07) is 0. The molecule has 0 N–H and O–H groups in total. The minimum absolute atomic E-state index is 0. The molecule has 0 aromatic rings. The van der Waals surface area contributed by atoms with Crippen LogP contribution in [0.3, 0.4) is 0 Å². The van der Waals surface area contributed by atoms with E-state index in [0.717, 1.165) is 37.5 Å². The predicted octanol–water partition coefficient (Wildman–Crippen LogP) is -12.3. The Hall–Kier alpha value is 2.95. The van der Waals surface area contributed by atoms with Crippen LogP contribution in [0.15, 0.2) is 0 Å². The quantitative estimate of drug-likeness (QED) is 0.208. The SMILES string of the molecule is N#C[O][Re-4]([O]C#N)([O]C#N)([O]C#N)([O]C#N)[O]C#N.[K+].[K+].[K+].[K+]. The van der Waals surface area contributed by atoms with Crippen LogP contribution in [0, 0.1) is 69.1 Å². The Balaban J connectivity index is -0.000000270. The number of hydrogen-bond acceptors (Lipinski definition) is 12. The van der Waals surface area contributed by atoms with Crippen molar-refractivity contribution in [1.82, 2.24) is 0 Å². The summed E-state index contributed by atoms with van der Waals surface area (Å²) in [7, 11) is 0. The molecule has 12 nitrogen and oxygen atoms in total. The Labute approximate surface area is 301 Å². The van der Waals surface area contributed by atoms with Gasteiger partial charge >= 0.3 is 311 Å². The molecule has 0 atom stereocenters. The number of hydrogen-bond donors (Lipinski definition) is 0. The Morgan fingerprint density at radius 2 is 0.522 bits per heavy atom. The van der Waals surface area contributed by atoms with Crippen molar-refractivity contribution >= 4 is 0 Å². The predicted molar refractivity (Wildman–Crippen MR) is 40.2 cm³/mol. The second-order valence-corrected chi connectivity index (χ2v) is 12.1. The molecule has 0 saturated carbocycles. The van der Waals surface area contributed by atoms with E-state index in [2.05, 4.69) is 20.8 Å². The fourth-order valence-electron chi connectivity index (χ4n) is 0.659. The minimum atomic E-state index is -8.12. The smallest absolute Gasteiger partial charge is 1.00 e. The fourth-order valence-corrected chi connectivity index (χ4v) is 5.39. The summed E-state index contributed by atoms with van der Waals surface area (Å²) in [6.07, 6.45) is 4.93. The van der Waals surface area contributed by atoms with Gasteiger partial charge < -0.3 is 0 Å². The van der Waals surface area contributed by atoms with Crippen LogP contribution in [-0.2, 0) is 36.1 Å². The van der Waals surface area contributed by atoms with Crippen LogP contribution in [0.5, 0.6) is 0 Å². The average Bonchev–Trinajstić information content (AvgIpc) is 2.31. The first-order valence-electron chi connectivity index (χ1n) is 3.49. The summed E-state index contributed by atoms with van der Waals surface area (Å²) in [4.78, 5) is 0. The Morgan fingerprint density at radius 1 is 0.391 bits per heavy atom. The van der Waals surface area contributed by atoms with E-state index in [-0.39, 0.29) is 206 Å². The van der Waals surface area contributed by atoms with Crippen molar-refractivity contribution in [2.75, 3.05) is 0 Å². The van der Waals surface area contributed by atoms with Gasteiger partial charge in [0.2, 0.25) is 0 Å². The number of nitriles is 6. The van der Waals surface area contributed by atoms with Crippen LogP contribution in [0.1, 0.15) is 0 Å². The van der Waals surface area contributed by atoms with E-state index < -0.39 is 15.3 Å². The van der Waals surface area contributed by atoms with Crippen molar-refractivity contribution < 1.29 is 242 Å².